The average Bonchev–Trinajstić information content (AvgIpc) is 2.67. The van der Waals surface area contributed by atoms with Crippen LogP contribution in [0.4, 0.5) is 5.69 Å². The summed E-state index contributed by atoms with van der Waals surface area (Å²) in [5.74, 6) is -0.389. The van der Waals surface area contributed by atoms with Crippen LogP contribution >= 0.6 is 0 Å². The maximum absolute atomic E-state index is 12.2. The third-order valence-corrected chi connectivity index (χ3v) is 3.78. The fourth-order valence-electron chi connectivity index (χ4n) is 2.57. The highest BCUT2D eigenvalue weighted by Gasteiger charge is 2.12. The van der Waals surface area contributed by atoms with Gasteiger partial charge in [0.1, 0.15) is 5.75 Å². The first kappa shape index (κ1) is 17.5. The number of anilines is 1. The number of para-hydroxylation sites is 2. The Balaban J connectivity index is 1.61. The molecule has 0 saturated carbocycles. The number of ether oxygens (including phenoxy) is 2. The van der Waals surface area contributed by atoms with Crippen molar-refractivity contribution >= 4 is 28.3 Å². The second-order valence-corrected chi connectivity index (χ2v) is 5.62. The van der Waals surface area contributed by atoms with Gasteiger partial charge in [0.2, 0.25) is 0 Å². The van der Waals surface area contributed by atoms with Crippen molar-refractivity contribution in [1.82, 2.24) is 0 Å². The number of fused-ring (bicyclic) bond motifs is 1. The molecule has 0 aliphatic carbocycles. The van der Waals surface area contributed by atoms with Gasteiger partial charge in [0, 0.05) is 0 Å². The molecule has 0 saturated heterocycles. The first-order chi connectivity index (χ1) is 12.7. The number of carbonyl (C=O) groups is 2. The number of carbonyl (C=O) groups excluding carboxylic acids is 2. The fraction of sp³-hybridized carbons (Fsp3) is 0.143. The summed E-state index contributed by atoms with van der Waals surface area (Å²) in [6.45, 7) is 1.99. The lowest BCUT2D eigenvalue weighted by atomic mass is 10.1. The molecule has 132 valence electrons. The van der Waals surface area contributed by atoms with Crippen molar-refractivity contribution in [3.05, 3.63) is 72.3 Å². The highest BCUT2D eigenvalue weighted by Crippen LogP contribution is 2.23. The standard InChI is InChI=1S/C21H19NO4/c1-2-25-19-10-6-5-9-18(19)22-20(23)14-26-21(24)17-12-11-15-7-3-4-8-16(15)13-17/h3-13H,2,14H2,1H3,(H,22,23). The van der Waals surface area contributed by atoms with Crippen LogP contribution in [0.25, 0.3) is 10.8 Å². The van der Waals surface area contributed by atoms with Crippen LogP contribution < -0.4 is 10.1 Å². The van der Waals surface area contributed by atoms with Crippen LogP contribution in [0, 0.1) is 0 Å². The number of hydrogen-bond acceptors (Lipinski definition) is 4. The summed E-state index contributed by atoms with van der Waals surface area (Å²) >= 11 is 0. The van der Waals surface area contributed by atoms with Crippen molar-refractivity contribution in [3.8, 4) is 5.75 Å². The Kier molecular flexibility index (Phi) is 5.49. The van der Waals surface area contributed by atoms with E-state index in [2.05, 4.69) is 5.32 Å². The molecular formula is C21H19NO4. The van der Waals surface area contributed by atoms with E-state index >= 15 is 0 Å². The van der Waals surface area contributed by atoms with Crippen LogP contribution in [-0.4, -0.2) is 25.1 Å². The minimum Gasteiger partial charge on any atom is -0.492 e. The fourth-order valence-corrected chi connectivity index (χ4v) is 2.57. The van der Waals surface area contributed by atoms with Gasteiger partial charge in [-0.3, -0.25) is 4.79 Å². The van der Waals surface area contributed by atoms with E-state index in [1.165, 1.54) is 0 Å². The minimum absolute atomic E-state index is 0.369. The number of hydrogen-bond donors (Lipinski definition) is 1. The molecule has 0 aliphatic rings. The van der Waals surface area contributed by atoms with Crippen molar-refractivity contribution in [2.75, 3.05) is 18.5 Å². The van der Waals surface area contributed by atoms with Crippen molar-refractivity contribution in [2.24, 2.45) is 0 Å². The van der Waals surface area contributed by atoms with Crippen molar-refractivity contribution in [1.29, 1.82) is 0 Å². The Morgan fingerprint density at radius 1 is 0.923 bits per heavy atom. The molecule has 0 radical (unpaired) electrons. The molecule has 5 nitrogen and oxygen atoms in total. The molecule has 26 heavy (non-hydrogen) atoms. The molecule has 0 bridgehead atoms. The van der Waals surface area contributed by atoms with Crippen LogP contribution in [0.5, 0.6) is 5.75 Å². The summed E-state index contributed by atoms with van der Waals surface area (Å²) < 4.78 is 10.6. The Labute approximate surface area is 151 Å². The van der Waals surface area contributed by atoms with Gasteiger partial charge >= 0.3 is 5.97 Å². The van der Waals surface area contributed by atoms with Gasteiger partial charge in [0.15, 0.2) is 6.61 Å². The van der Waals surface area contributed by atoms with E-state index in [9.17, 15) is 9.59 Å². The van der Waals surface area contributed by atoms with E-state index in [1.54, 1.807) is 30.3 Å². The molecule has 0 aromatic heterocycles. The molecule has 0 atom stereocenters. The van der Waals surface area contributed by atoms with Gasteiger partial charge < -0.3 is 14.8 Å². The van der Waals surface area contributed by atoms with E-state index in [4.69, 9.17) is 9.47 Å². The summed E-state index contributed by atoms with van der Waals surface area (Å²) in [4.78, 5) is 24.3. The maximum atomic E-state index is 12.2. The highest BCUT2D eigenvalue weighted by molar-refractivity contribution is 5.98. The monoisotopic (exact) mass is 349 g/mol. The smallest absolute Gasteiger partial charge is 0.338 e. The number of amides is 1. The van der Waals surface area contributed by atoms with Crippen LogP contribution in [-0.2, 0) is 9.53 Å². The quantitative estimate of drug-likeness (QED) is 0.682. The minimum atomic E-state index is -0.538. The zero-order valence-corrected chi connectivity index (χ0v) is 14.4. The van der Waals surface area contributed by atoms with Crippen molar-refractivity contribution in [3.63, 3.8) is 0 Å². The zero-order chi connectivity index (χ0) is 18.4. The number of rotatable bonds is 6. The van der Waals surface area contributed by atoms with E-state index in [0.29, 0.717) is 23.6 Å². The Hall–Kier alpha value is -3.34. The van der Waals surface area contributed by atoms with E-state index < -0.39 is 11.9 Å². The van der Waals surface area contributed by atoms with Crippen LogP contribution in [0.2, 0.25) is 0 Å². The Morgan fingerprint density at radius 3 is 2.46 bits per heavy atom. The molecule has 3 aromatic rings. The molecule has 3 rings (SSSR count). The van der Waals surface area contributed by atoms with Crippen molar-refractivity contribution < 1.29 is 19.1 Å². The predicted octanol–water partition coefficient (Wildman–Crippen LogP) is 4.03. The first-order valence-corrected chi connectivity index (χ1v) is 8.35. The predicted molar refractivity (Wildman–Crippen MR) is 100 cm³/mol. The molecule has 0 unspecified atom stereocenters. The highest BCUT2D eigenvalue weighted by atomic mass is 16.5. The molecule has 0 spiro atoms. The topological polar surface area (TPSA) is 64.6 Å². The van der Waals surface area contributed by atoms with Crippen LogP contribution in [0.15, 0.2) is 66.7 Å². The number of esters is 1. The third-order valence-electron chi connectivity index (χ3n) is 3.78. The summed E-state index contributed by atoms with van der Waals surface area (Å²) in [5, 5.41) is 4.67. The van der Waals surface area contributed by atoms with Gasteiger partial charge in [-0.2, -0.15) is 0 Å². The number of benzene rings is 3. The lowest BCUT2D eigenvalue weighted by Gasteiger charge is -2.11. The largest absolute Gasteiger partial charge is 0.492 e. The molecule has 5 heteroatoms. The van der Waals surface area contributed by atoms with Gasteiger partial charge in [-0.25, -0.2) is 4.79 Å². The lowest BCUT2D eigenvalue weighted by Crippen LogP contribution is -2.21. The molecule has 0 heterocycles. The second kappa shape index (κ2) is 8.16. The van der Waals surface area contributed by atoms with E-state index in [-0.39, 0.29) is 6.61 Å². The average molecular weight is 349 g/mol. The molecule has 3 aromatic carbocycles. The summed E-state index contributed by atoms with van der Waals surface area (Å²) in [6, 6.07) is 20.1. The SMILES string of the molecule is CCOc1ccccc1NC(=O)COC(=O)c1ccc2ccccc2c1. The molecule has 1 amide bonds. The summed E-state index contributed by atoms with van der Waals surface area (Å²) in [6.07, 6.45) is 0. The molecular weight excluding hydrogens is 330 g/mol. The first-order valence-electron chi connectivity index (χ1n) is 8.35. The maximum Gasteiger partial charge on any atom is 0.338 e. The zero-order valence-electron chi connectivity index (χ0n) is 14.4. The molecule has 1 N–H and O–H groups in total. The van der Waals surface area contributed by atoms with Gasteiger partial charge in [-0.05, 0) is 42.0 Å². The van der Waals surface area contributed by atoms with Crippen molar-refractivity contribution in [2.45, 2.75) is 6.92 Å². The van der Waals surface area contributed by atoms with Gasteiger partial charge in [0.05, 0.1) is 17.9 Å². The Morgan fingerprint density at radius 2 is 1.65 bits per heavy atom. The normalized spacial score (nSPS) is 10.3. The van der Waals surface area contributed by atoms with Crippen LogP contribution in [0.1, 0.15) is 17.3 Å². The lowest BCUT2D eigenvalue weighted by molar-refractivity contribution is -0.119. The van der Waals surface area contributed by atoms with Gasteiger partial charge in [0.25, 0.3) is 5.91 Å². The second-order valence-electron chi connectivity index (χ2n) is 5.62. The molecule has 0 fully saturated rings. The van der Waals surface area contributed by atoms with E-state index in [1.807, 2.05) is 43.3 Å². The summed E-state index contributed by atoms with van der Waals surface area (Å²) in [5.41, 5.74) is 0.951. The summed E-state index contributed by atoms with van der Waals surface area (Å²) in [7, 11) is 0. The van der Waals surface area contributed by atoms with E-state index in [0.717, 1.165) is 10.8 Å². The van der Waals surface area contributed by atoms with Gasteiger partial charge in [-0.15, -0.1) is 0 Å². The van der Waals surface area contributed by atoms with Gasteiger partial charge in [-0.1, -0.05) is 42.5 Å². The van der Waals surface area contributed by atoms with Crippen LogP contribution in [0.3, 0.4) is 0 Å². The Bertz CT molecular complexity index is 936. The third kappa shape index (κ3) is 4.19. The number of nitrogens with one attached hydrogen (secondary N) is 1. The molecule has 0 aliphatic heterocycles.